The average Bonchev–Trinajstić information content (AvgIpc) is 2.61. The van der Waals surface area contributed by atoms with E-state index >= 15 is 0 Å². The molecule has 0 radical (unpaired) electrons. The molecule has 0 aliphatic rings. The van der Waals surface area contributed by atoms with E-state index in [2.05, 4.69) is 12.2 Å². The van der Waals surface area contributed by atoms with Crippen molar-refractivity contribution < 1.29 is 4.79 Å². The fraction of sp³-hybridized carbons (Fsp3) is 0.500. The molecule has 6 nitrogen and oxygen atoms in total. The molecule has 0 saturated heterocycles. The highest BCUT2D eigenvalue weighted by molar-refractivity contribution is 5.76. The van der Waals surface area contributed by atoms with Crippen molar-refractivity contribution in [3.63, 3.8) is 0 Å². The Morgan fingerprint density at radius 3 is 2.25 bits per heavy atom. The molecule has 0 bridgehead atoms. The number of hydrogen-bond acceptors (Lipinski definition) is 3. The van der Waals surface area contributed by atoms with Crippen LogP contribution in [0.2, 0.25) is 0 Å². The standard InChI is InChI=1S/C22H31N3O3/c1-6-7-11-14-24-16(2)19(17-12-9-8-10-13-17)20(27)25(21(24)28)15-18(26)23-22(3,4)5/h8-10,12-13H,6-7,11,14-15H2,1-5H3,(H,23,26). The molecule has 152 valence electrons. The average molecular weight is 386 g/mol. The lowest BCUT2D eigenvalue weighted by atomic mass is 10.1. The lowest BCUT2D eigenvalue weighted by molar-refractivity contribution is -0.123. The molecule has 0 fully saturated rings. The maximum Gasteiger partial charge on any atom is 0.331 e. The Morgan fingerprint density at radius 2 is 1.68 bits per heavy atom. The fourth-order valence-corrected chi connectivity index (χ4v) is 3.26. The molecular weight excluding hydrogens is 354 g/mol. The molecule has 0 unspecified atom stereocenters. The first-order valence-corrected chi connectivity index (χ1v) is 9.86. The Balaban J connectivity index is 2.60. The van der Waals surface area contributed by atoms with Gasteiger partial charge in [-0.1, -0.05) is 50.1 Å². The number of unbranched alkanes of at least 4 members (excludes halogenated alkanes) is 2. The summed E-state index contributed by atoms with van der Waals surface area (Å²) >= 11 is 0. The minimum absolute atomic E-state index is 0.289. The van der Waals surface area contributed by atoms with Crippen LogP contribution >= 0.6 is 0 Å². The number of nitrogens with zero attached hydrogens (tertiary/aromatic N) is 2. The van der Waals surface area contributed by atoms with E-state index < -0.39 is 16.8 Å². The van der Waals surface area contributed by atoms with Gasteiger partial charge in [-0.3, -0.25) is 18.7 Å². The SMILES string of the molecule is CCCCCn1c(C)c(-c2ccccc2)c(=O)n(CC(=O)NC(C)(C)C)c1=O. The number of carbonyl (C=O) groups is 1. The van der Waals surface area contributed by atoms with Crippen LogP contribution in [-0.4, -0.2) is 20.6 Å². The third kappa shape index (κ3) is 5.21. The molecule has 1 heterocycles. The van der Waals surface area contributed by atoms with Crippen LogP contribution in [0.3, 0.4) is 0 Å². The summed E-state index contributed by atoms with van der Waals surface area (Å²) < 4.78 is 2.69. The molecule has 6 heteroatoms. The van der Waals surface area contributed by atoms with Crippen molar-refractivity contribution in [2.45, 2.75) is 72.5 Å². The Hall–Kier alpha value is -2.63. The Morgan fingerprint density at radius 1 is 1.04 bits per heavy atom. The van der Waals surface area contributed by atoms with Gasteiger partial charge in [0.1, 0.15) is 6.54 Å². The van der Waals surface area contributed by atoms with Crippen LogP contribution in [0.1, 0.15) is 52.7 Å². The van der Waals surface area contributed by atoms with Gasteiger partial charge in [0, 0.05) is 17.8 Å². The van der Waals surface area contributed by atoms with Crippen LogP contribution in [0.5, 0.6) is 0 Å². The van der Waals surface area contributed by atoms with Crippen molar-refractivity contribution in [1.82, 2.24) is 14.5 Å². The Bertz CT molecular complexity index is 934. The van der Waals surface area contributed by atoms with Gasteiger partial charge in [0.15, 0.2) is 0 Å². The molecule has 0 aliphatic heterocycles. The topological polar surface area (TPSA) is 73.1 Å². The van der Waals surface area contributed by atoms with Gasteiger partial charge in [-0.05, 0) is 39.7 Å². The van der Waals surface area contributed by atoms with Gasteiger partial charge in [-0.15, -0.1) is 0 Å². The van der Waals surface area contributed by atoms with Gasteiger partial charge in [0.25, 0.3) is 5.56 Å². The zero-order chi connectivity index (χ0) is 20.9. The van der Waals surface area contributed by atoms with E-state index in [-0.39, 0.29) is 12.5 Å². The van der Waals surface area contributed by atoms with Crippen LogP contribution in [0.25, 0.3) is 11.1 Å². The van der Waals surface area contributed by atoms with Crippen LogP contribution < -0.4 is 16.6 Å². The van der Waals surface area contributed by atoms with Crippen molar-refractivity contribution in [2.75, 3.05) is 0 Å². The maximum absolute atomic E-state index is 13.2. The second-order valence-electron chi connectivity index (χ2n) is 8.16. The number of aromatic nitrogens is 2. The van der Waals surface area contributed by atoms with Gasteiger partial charge < -0.3 is 5.32 Å². The highest BCUT2D eigenvalue weighted by Gasteiger charge is 2.21. The lowest BCUT2D eigenvalue weighted by Gasteiger charge is -2.22. The van der Waals surface area contributed by atoms with Crippen molar-refractivity contribution in [3.8, 4) is 11.1 Å². The summed E-state index contributed by atoms with van der Waals surface area (Å²) in [4.78, 5) is 38.6. The number of rotatable bonds is 7. The first-order valence-electron chi connectivity index (χ1n) is 9.86. The van der Waals surface area contributed by atoms with Crippen molar-refractivity contribution in [1.29, 1.82) is 0 Å². The van der Waals surface area contributed by atoms with E-state index in [1.54, 1.807) is 11.5 Å². The summed E-state index contributed by atoms with van der Waals surface area (Å²) in [7, 11) is 0. The number of benzene rings is 1. The third-order valence-electron chi connectivity index (χ3n) is 4.55. The summed E-state index contributed by atoms with van der Waals surface area (Å²) in [5.41, 5.74) is 0.574. The number of hydrogen-bond donors (Lipinski definition) is 1. The predicted octanol–water partition coefficient (Wildman–Crippen LogP) is 3.09. The maximum atomic E-state index is 13.2. The second-order valence-corrected chi connectivity index (χ2v) is 8.16. The molecule has 2 aromatic rings. The highest BCUT2D eigenvalue weighted by atomic mass is 16.2. The molecular formula is C22H31N3O3. The zero-order valence-corrected chi connectivity index (χ0v) is 17.5. The van der Waals surface area contributed by atoms with Crippen molar-refractivity contribution in [2.24, 2.45) is 0 Å². The largest absolute Gasteiger partial charge is 0.350 e. The summed E-state index contributed by atoms with van der Waals surface area (Å²) in [6.07, 6.45) is 2.88. The predicted molar refractivity (Wildman–Crippen MR) is 113 cm³/mol. The summed E-state index contributed by atoms with van der Waals surface area (Å²) in [6.45, 7) is 9.73. The molecule has 0 atom stereocenters. The van der Waals surface area contributed by atoms with Crippen LogP contribution in [-0.2, 0) is 17.9 Å². The van der Waals surface area contributed by atoms with E-state index in [4.69, 9.17) is 0 Å². The quantitative estimate of drug-likeness (QED) is 0.745. The van der Waals surface area contributed by atoms with Crippen LogP contribution in [0.4, 0.5) is 0 Å². The summed E-state index contributed by atoms with van der Waals surface area (Å²) in [6, 6.07) is 9.30. The summed E-state index contributed by atoms with van der Waals surface area (Å²) in [5, 5.41) is 2.82. The van der Waals surface area contributed by atoms with E-state index in [9.17, 15) is 14.4 Å². The van der Waals surface area contributed by atoms with E-state index in [1.165, 1.54) is 0 Å². The summed E-state index contributed by atoms with van der Waals surface area (Å²) in [5.74, 6) is -0.352. The Kier molecular flexibility index (Phi) is 7.00. The minimum atomic E-state index is -0.437. The fourth-order valence-electron chi connectivity index (χ4n) is 3.26. The van der Waals surface area contributed by atoms with E-state index in [0.717, 1.165) is 29.4 Å². The van der Waals surface area contributed by atoms with E-state index in [0.29, 0.717) is 17.8 Å². The Labute approximate surface area is 166 Å². The molecule has 0 saturated carbocycles. The van der Waals surface area contributed by atoms with Crippen LogP contribution in [0.15, 0.2) is 39.9 Å². The minimum Gasteiger partial charge on any atom is -0.350 e. The van der Waals surface area contributed by atoms with Gasteiger partial charge in [0.2, 0.25) is 5.91 Å². The van der Waals surface area contributed by atoms with Crippen LogP contribution in [0, 0.1) is 6.92 Å². The molecule has 2 rings (SSSR count). The monoisotopic (exact) mass is 385 g/mol. The van der Waals surface area contributed by atoms with Gasteiger partial charge in [-0.25, -0.2) is 4.79 Å². The van der Waals surface area contributed by atoms with Crippen molar-refractivity contribution >= 4 is 5.91 Å². The van der Waals surface area contributed by atoms with E-state index in [1.807, 2.05) is 51.1 Å². The van der Waals surface area contributed by atoms with Gasteiger partial charge in [-0.2, -0.15) is 0 Å². The first kappa shape index (κ1) is 21.7. The number of carbonyl (C=O) groups excluding carboxylic acids is 1. The normalized spacial score (nSPS) is 11.5. The second kappa shape index (κ2) is 9.04. The molecule has 28 heavy (non-hydrogen) atoms. The lowest BCUT2D eigenvalue weighted by Crippen LogP contribution is -2.48. The van der Waals surface area contributed by atoms with Crippen molar-refractivity contribution in [3.05, 3.63) is 56.9 Å². The molecule has 1 aromatic carbocycles. The third-order valence-corrected chi connectivity index (χ3v) is 4.55. The number of nitrogens with one attached hydrogen (secondary N) is 1. The van der Waals surface area contributed by atoms with Gasteiger partial charge >= 0.3 is 5.69 Å². The zero-order valence-electron chi connectivity index (χ0n) is 17.5. The molecule has 0 aliphatic carbocycles. The molecule has 0 spiro atoms. The van der Waals surface area contributed by atoms with Gasteiger partial charge in [0.05, 0.1) is 5.56 Å². The highest BCUT2D eigenvalue weighted by Crippen LogP contribution is 2.18. The smallest absolute Gasteiger partial charge is 0.331 e. The molecule has 1 N–H and O–H groups in total. The molecule has 1 aromatic heterocycles. The molecule has 1 amide bonds. The number of amides is 1. The first-order chi connectivity index (χ1) is 13.2.